The fourth-order valence-corrected chi connectivity index (χ4v) is 5.45. The van der Waals surface area contributed by atoms with Gasteiger partial charge in [-0.15, -0.1) is 0 Å². The zero-order chi connectivity index (χ0) is 25.9. The second-order valence-corrected chi connectivity index (χ2v) is 10.6. The maximum atomic E-state index is 13.8. The van der Waals surface area contributed by atoms with Crippen molar-refractivity contribution in [1.82, 2.24) is 10.6 Å². The van der Waals surface area contributed by atoms with E-state index in [1.165, 1.54) is 0 Å². The summed E-state index contributed by atoms with van der Waals surface area (Å²) >= 11 is 0. The van der Waals surface area contributed by atoms with Gasteiger partial charge in [-0.3, -0.25) is 24.1 Å². The van der Waals surface area contributed by atoms with Crippen LogP contribution in [-0.4, -0.2) is 41.8 Å². The summed E-state index contributed by atoms with van der Waals surface area (Å²) in [5.74, 6) is -2.27. The molecule has 3 rings (SSSR count). The summed E-state index contributed by atoms with van der Waals surface area (Å²) in [7, 11) is 0. The van der Waals surface area contributed by atoms with Gasteiger partial charge in [0.1, 0.15) is 12.1 Å². The minimum absolute atomic E-state index is 0.0515. The molecule has 8 heteroatoms. The summed E-state index contributed by atoms with van der Waals surface area (Å²) in [6.45, 7) is 9.74. The minimum Gasteiger partial charge on any atom is -0.369 e. The zero-order valence-corrected chi connectivity index (χ0v) is 21.6. The van der Waals surface area contributed by atoms with Crippen molar-refractivity contribution in [2.75, 3.05) is 4.90 Å². The Morgan fingerprint density at radius 3 is 2.40 bits per heavy atom. The normalized spacial score (nSPS) is 20.9. The third-order valence-electron chi connectivity index (χ3n) is 6.97. The Bertz CT molecular complexity index is 974. The summed E-state index contributed by atoms with van der Waals surface area (Å²) < 4.78 is 0. The number of aryl methyl sites for hydroxylation is 1. The third-order valence-corrected chi connectivity index (χ3v) is 6.97. The molecule has 2 heterocycles. The van der Waals surface area contributed by atoms with Crippen LogP contribution in [0.15, 0.2) is 18.2 Å². The van der Waals surface area contributed by atoms with Crippen molar-refractivity contribution in [3.05, 3.63) is 29.3 Å². The molecular weight excluding hydrogens is 444 g/mol. The SMILES string of the molecule is CCCC(C(N)=O)C(CC(C)C)C(=O)NC1CCc2cccc3c2N(C1=O)C(C(=O)NC(C)C)C3. The maximum Gasteiger partial charge on any atom is 0.250 e. The Morgan fingerprint density at radius 1 is 1.11 bits per heavy atom. The number of amides is 4. The van der Waals surface area contributed by atoms with E-state index in [-0.39, 0.29) is 29.7 Å². The first-order valence-corrected chi connectivity index (χ1v) is 12.9. The summed E-state index contributed by atoms with van der Waals surface area (Å²) in [6.07, 6.45) is 3.25. The lowest BCUT2D eigenvalue weighted by molar-refractivity contribution is -0.136. The van der Waals surface area contributed by atoms with E-state index in [9.17, 15) is 19.2 Å². The van der Waals surface area contributed by atoms with Crippen molar-refractivity contribution in [1.29, 1.82) is 0 Å². The van der Waals surface area contributed by atoms with Crippen LogP contribution in [0.3, 0.4) is 0 Å². The number of hydrogen-bond donors (Lipinski definition) is 3. The van der Waals surface area contributed by atoms with Crippen LogP contribution in [0.1, 0.15) is 71.4 Å². The van der Waals surface area contributed by atoms with Gasteiger partial charge in [0.15, 0.2) is 0 Å². The van der Waals surface area contributed by atoms with Gasteiger partial charge in [0, 0.05) is 24.3 Å². The molecule has 1 aromatic carbocycles. The number of carbonyl (C=O) groups excluding carboxylic acids is 4. The molecule has 2 aliphatic rings. The molecule has 8 nitrogen and oxygen atoms in total. The van der Waals surface area contributed by atoms with Crippen molar-refractivity contribution in [3.63, 3.8) is 0 Å². The van der Waals surface area contributed by atoms with Crippen LogP contribution in [0.5, 0.6) is 0 Å². The highest BCUT2D eigenvalue weighted by molar-refractivity contribution is 6.08. The lowest BCUT2D eigenvalue weighted by Gasteiger charge is -2.30. The van der Waals surface area contributed by atoms with Gasteiger partial charge in [0.25, 0.3) is 0 Å². The Kier molecular flexibility index (Phi) is 8.56. The second kappa shape index (κ2) is 11.2. The molecule has 0 saturated carbocycles. The molecule has 0 bridgehead atoms. The highest BCUT2D eigenvalue weighted by Crippen LogP contribution is 2.39. The van der Waals surface area contributed by atoms with Crippen molar-refractivity contribution in [3.8, 4) is 0 Å². The largest absolute Gasteiger partial charge is 0.369 e. The van der Waals surface area contributed by atoms with Gasteiger partial charge in [0.2, 0.25) is 23.6 Å². The van der Waals surface area contributed by atoms with Gasteiger partial charge >= 0.3 is 0 Å². The van der Waals surface area contributed by atoms with Crippen molar-refractivity contribution >= 4 is 29.3 Å². The van der Waals surface area contributed by atoms with E-state index in [1.807, 2.05) is 52.8 Å². The predicted octanol–water partition coefficient (Wildman–Crippen LogP) is 2.46. The van der Waals surface area contributed by atoms with Crippen LogP contribution in [0.25, 0.3) is 0 Å². The van der Waals surface area contributed by atoms with Crippen LogP contribution in [0.2, 0.25) is 0 Å². The Balaban J connectivity index is 1.89. The van der Waals surface area contributed by atoms with E-state index in [1.54, 1.807) is 4.90 Å². The topological polar surface area (TPSA) is 122 Å². The molecule has 4 unspecified atom stereocenters. The van der Waals surface area contributed by atoms with E-state index in [0.717, 1.165) is 23.2 Å². The van der Waals surface area contributed by atoms with E-state index in [4.69, 9.17) is 5.73 Å². The van der Waals surface area contributed by atoms with Crippen LogP contribution >= 0.6 is 0 Å². The number of hydrogen-bond acceptors (Lipinski definition) is 4. The van der Waals surface area contributed by atoms with Gasteiger partial charge in [0.05, 0.1) is 5.69 Å². The highest BCUT2D eigenvalue weighted by Gasteiger charge is 2.44. The van der Waals surface area contributed by atoms with Gasteiger partial charge in [-0.2, -0.15) is 0 Å². The number of anilines is 1. The number of carbonyl (C=O) groups is 4. The third kappa shape index (κ3) is 5.85. The molecule has 4 N–H and O–H groups in total. The van der Waals surface area contributed by atoms with Gasteiger partial charge in [-0.25, -0.2) is 0 Å². The molecule has 192 valence electrons. The average Bonchev–Trinajstić information content (AvgIpc) is 3.11. The van der Waals surface area contributed by atoms with E-state index in [2.05, 4.69) is 10.6 Å². The van der Waals surface area contributed by atoms with Crippen molar-refractivity contribution < 1.29 is 19.2 Å². The number of primary amides is 1. The number of nitrogens with zero attached hydrogens (tertiary/aromatic N) is 1. The minimum atomic E-state index is -0.778. The maximum absolute atomic E-state index is 13.8. The van der Waals surface area contributed by atoms with Gasteiger partial charge < -0.3 is 16.4 Å². The summed E-state index contributed by atoms with van der Waals surface area (Å²) in [5, 5.41) is 5.89. The molecule has 4 amide bonds. The number of nitrogens with one attached hydrogen (secondary N) is 2. The number of rotatable bonds is 10. The van der Waals surface area contributed by atoms with Gasteiger partial charge in [-0.1, -0.05) is 45.4 Å². The van der Waals surface area contributed by atoms with E-state index in [0.29, 0.717) is 32.1 Å². The number of nitrogens with two attached hydrogens (primary N) is 1. The van der Waals surface area contributed by atoms with Crippen molar-refractivity contribution in [2.24, 2.45) is 23.5 Å². The lowest BCUT2D eigenvalue weighted by atomic mass is 9.81. The molecule has 0 saturated heterocycles. The molecule has 1 aromatic rings. The molecular formula is C27H40N4O4. The fourth-order valence-electron chi connectivity index (χ4n) is 5.45. The lowest BCUT2D eigenvalue weighted by Crippen LogP contribution is -2.56. The second-order valence-electron chi connectivity index (χ2n) is 10.6. The number of para-hydroxylation sites is 1. The Morgan fingerprint density at radius 2 is 1.80 bits per heavy atom. The predicted molar refractivity (Wildman–Crippen MR) is 135 cm³/mol. The van der Waals surface area contributed by atoms with Crippen LogP contribution in [0, 0.1) is 17.8 Å². The standard InChI is InChI=1S/C27H40N4O4/c1-6-8-19(24(28)32)20(13-15(2)3)25(33)30-21-12-11-17-9-7-10-18-14-22(26(34)29-16(4)5)31(23(17)18)27(21)35/h7,9-10,15-16,19-22H,6,8,11-14H2,1-5H3,(H2,28,32)(H,29,34)(H,30,33). The molecule has 0 aliphatic carbocycles. The molecule has 4 atom stereocenters. The zero-order valence-electron chi connectivity index (χ0n) is 21.6. The Labute approximate surface area is 208 Å². The molecule has 0 fully saturated rings. The molecule has 2 aliphatic heterocycles. The van der Waals surface area contributed by atoms with Crippen LogP contribution in [-0.2, 0) is 32.0 Å². The van der Waals surface area contributed by atoms with Crippen molar-refractivity contribution in [2.45, 2.75) is 91.3 Å². The monoisotopic (exact) mass is 484 g/mol. The summed E-state index contributed by atoms with van der Waals surface area (Å²) in [5.41, 5.74) is 8.47. The molecule has 0 aromatic heterocycles. The van der Waals surface area contributed by atoms with Crippen LogP contribution < -0.4 is 21.3 Å². The quantitative estimate of drug-likeness (QED) is 0.472. The molecule has 0 radical (unpaired) electrons. The average molecular weight is 485 g/mol. The highest BCUT2D eigenvalue weighted by atomic mass is 16.2. The van der Waals surface area contributed by atoms with Crippen LogP contribution in [0.4, 0.5) is 5.69 Å². The smallest absolute Gasteiger partial charge is 0.250 e. The van der Waals surface area contributed by atoms with E-state index >= 15 is 0 Å². The van der Waals surface area contributed by atoms with Gasteiger partial charge in [-0.05, 0) is 56.6 Å². The fraction of sp³-hybridized carbons (Fsp3) is 0.630. The molecule has 0 spiro atoms. The van der Waals surface area contributed by atoms with E-state index < -0.39 is 29.8 Å². The number of benzene rings is 1. The summed E-state index contributed by atoms with van der Waals surface area (Å²) in [6, 6.07) is 4.42. The molecule has 35 heavy (non-hydrogen) atoms. The first-order valence-electron chi connectivity index (χ1n) is 12.9. The first kappa shape index (κ1) is 26.7. The summed E-state index contributed by atoms with van der Waals surface area (Å²) in [4.78, 5) is 54.2. The Hall–Kier alpha value is -2.90. The first-order chi connectivity index (χ1) is 16.5.